The molecule has 1 aromatic carbocycles. The van der Waals surface area contributed by atoms with Crippen molar-refractivity contribution in [2.24, 2.45) is 0 Å². The lowest BCUT2D eigenvalue weighted by molar-refractivity contribution is 0.0793. The number of nitrogens with zero attached hydrogens (tertiary/aromatic N) is 1. The molecular formula is C15H19N3OS. The Bertz CT molecular complexity index is 492. The predicted octanol–water partition coefficient (Wildman–Crippen LogP) is 2.40. The summed E-state index contributed by atoms with van der Waals surface area (Å²) in [7, 11) is 0. The van der Waals surface area contributed by atoms with Gasteiger partial charge in [-0.25, -0.2) is 0 Å². The van der Waals surface area contributed by atoms with Crippen molar-refractivity contribution in [2.45, 2.75) is 12.8 Å². The van der Waals surface area contributed by atoms with Crippen LogP contribution in [0.1, 0.15) is 23.2 Å². The highest BCUT2D eigenvalue weighted by Crippen LogP contribution is 2.15. The molecule has 1 aliphatic rings. The van der Waals surface area contributed by atoms with E-state index in [1.54, 1.807) is 6.08 Å². The van der Waals surface area contributed by atoms with Crippen molar-refractivity contribution in [1.82, 2.24) is 10.2 Å². The molecule has 5 heteroatoms. The van der Waals surface area contributed by atoms with Crippen LogP contribution in [0.4, 0.5) is 5.69 Å². The summed E-state index contributed by atoms with van der Waals surface area (Å²) in [5, 5.41) is 6.60. The minimum absolute atomic E-state index is 0.112. The molecule has 0 bridgehead atoms. The highest BCUT2D eigenvalue weighted by molar-refractivity contribution is 7.80. The van der Waals surface area contributed by atoms with Crippen molar-refractivity contribution in [1.29, 1.82) is 0 Å². The number of anilines is 1. The monoisotopic (exact) mass is 289 g/mol. The van der Waals surface area contributed by atoms with Gasteiger partial charge in [-0.1, -0.05) is 6.08 Å². The van der Waals surface area contributed by atoms with Gasteiger partial charge >= 0.3 is 0 Å². The maximum atomic E-state index is 12.2. The Hall–Kier alpha value is -1.88. The molecule has 0 unspecified atom stereocenters. The Morgan fingerprint density at radius 3 is 2.55 bits per heavy atom. The van der Waals surface area contributed by atoms with Gasteiger partial charge in [0.2, 0.25) is 0 Å². The standard InChI is InChI=1S/C15H19N3OS/c1-2-9-16-15(20)17-13-7-5-12(6-8-13)14(19)18-10-3-4-11-18/h2,5-8H,1,3-4,9-11H2,(H2,16,17,20). The number of nitrogens with one attached hydrogen (secondary N) is 2. The third kappa shape index (κ3) is 3.81. The Morgan fingerprint density at radius 1 is 1.30 bits per heavy atom. The molecule has 2 rings (SSSR count). The minimum Gasteiger partial charge on any atom is -0.359 e. The van der Waals surface area contributed by atoms with Gasteiger partial charge in [-0.05, 0) is 49.3 Å². The van der Waals surface area contributed by atoms with Crippen LogP contribution in [0.25, 0.3) is 0 Å². The second-order valence-corrected chi connectivity index (χ2v) is 5.11. The SMILES string of the molecule is C=CCNC(=S)Nc1ccc(C(=O)N2CCCC2)cc1. The van der Waals surface area contributed by atoms with Gasteiger partial charge in [-0.2, -0.15) is 0 Å². The second kappa shape index (κ2) is 7.05. The smallest absolute Gasteiger partial charge is 0.253 e. The zero-order chi connectivity index (χ0) is 14.4. The Labute approximate surface area is 124 Å². The number of benzene rings is 1. The number of carbonyl (C=O) groups excluding carboxylic acids is 1. The molecule has 0 aromatic heterocycles. The van der Waals surface area contributed by atoms with E-state index in [9.17, 15) is 4.79 Å². The molecule has 1 aromatic rings. The summed E-state index contributed by atoms with van der Waals surface area (Å²) in [5.74, 6) is 0.112. The normalized spacial score (nSPS) is 13.9. The number of hydrogen-bond donors (Lipinski definition) is 2. The van der Waals surface area contributed by atoms with E-state index in [4.69, 9.17) is 12.2 Å². The highest BCUT2D eigenvalue weighted by atomic mass is 32.1. The molecule has 1 fully saturated rings. The van der Waals surface area contributed by atoms with Crippen molar-refractivity contribution in [3.8, 4) is 0 Å². The molecule has 0 aliphatic carbocycles. The fraction of sp³-hybridized carbons (Fsp3) is 0.333. The maximum Gasteiger partial charge on any atom is 0.253 e. The van der Waals surface area contributed by atoms with Crippen LogP contribution in [-0.2, 0) is 0 Å². The summed E-state index contributed by atoms with van der Waals surface area (Å²) in [6.07, 6.45) is 3.95. The number of carbonyl (C=O) groups is 1. The van der Waals surface area contributed by atoms with E-state index in [0.717, 1.165) is 37.2 Å². The molecule has 1 heterocycles. The summed E-state index contributed by atoms with van der Waals surface area (Å²) in [4.78, 5) is 14.1. The van der Waals surface area contributed by atoms with Crippen LogP contribution in [0.5, 0.6) is 0 Å². The molecule has 0 atom stereocenters. The van der Waals surface area contributed by atoms with Crippen LogP contribution in [0.15, 0.2) is 36.9 Å². The zero-order valence-electron chi connectivity index (χ0n) is 11.4. The Balaban J connectivity index is 1.93. The number of thiocarbonyl (C=S) groups is 1. The topological polar surface area (TPSA) is 44.4 Å². The van der Waals surface area contributed by atoms with Crippen molar-refractivity contribution >= 4 is 28.9 Å². The number of rotatable bonds is 4. The molecule has 0 radical (unpaired) electrons. The van der Waals surface area contributed by atoms with E-state index in [2.05, 4.69) is 17.2 Å². The highest BCUT2D eigenvalue weighted by Gasteiger charge is 2.19. The van der Waals surface area contributed by atoms with Gasteiger partial charge in [0.15, 0.2) is 5.11 Å². The molecule has 106 valence electrons. The van der Waals surface area contributed by atoms with Gasteiger partial charge in [0.25, 0.3) is 5.91 Å². The average Bonchev–Trinajstić information content (AvgIpc) is 2.99. The van der Waals surface area contributed by atoms with Crippen LogP contribution in [0, 0.1) is 0 Å². The van der Waals surface area contributed by atoms with Crippen LogP contribution in [-0.4, -0.2) is 35.6 Å². The molecule has 1 aliphatic heterocycles. The quantitative estimate of drug-likeness (QED) is 0.660. The molecular weight excluding hydrogens is 270 g/mol. The fourth-order valence-electron chi connectivity index (χ4n) is 2.14. The fourth-order valence-corrected chi connectivity index (χ4v) is 2.34. The summed E-state index contributed by atoms with van der Waals surface area (Å²) in [5.41, 5.74) is 1.59. The molecule has 1 amide bonds. The largest absolute Gasteiger partial charge is 0.359 e. The third-order valence-electron chi connectivity index (χ3n) is 3.19. The first-order valence-electron chi connectivity index (χ1n) is 6.76. The van der Waals surface area contributed by atoms with Crippen molar-refractivity contribution in [3.05, 3.63) is 42.5 Å². The lowest BCUT2D eigenvalue weighted by Crippen LogP contribution is -2.28. The van der Waals surface area contributed by atoms with Gasteiger partial charge in [0.05, 0.1) is 0 Å². The summed E-state index contributed by atoms with van der Waals surface area (Å²) < 4.78 is 0. The number of hydrogen-bond acceptors (Lipinski definition) is 2. The molecule has 2 N–H and O–H groups in total. The molecule has 20 heavy (non-hydrogen) atoms. The van der Waals surface area contributed by atoms with Crippen LogP contribution >= 0.6 is 12.2 Å². The summed E-state index contributed by atoms with van der Waals surface area (Å²) in [6.45, 7) is 5.98. The van der Waals surface area contributed by atoms with E-state index >= 15 is 0 Å². The van der Waals surface area contributed by atoms with Gasteiger partial charge in [0.1, 0.15) is 0 Å². The second-order valence-electron chi connectivity index (χ2n) is 4.70. The van der Waals surface area contributed by atoms with Crippen LogP contribution in [0.2, 0.25) is 0 Å². The summed E-state index contributed by atoms with van der Waals surface area (Å²) >= 11 is 5.13. The lowest BCUT2D eigenvalue weighted by atomic mass is 10.2. The third-order valence-corrected chi connectivity index (χ3v) is 3.44. The van der Waals surface area contributed by atoms with Crippen molar-refractivity contribution < 1.29 is 4.79 Å². The predicted molar refractivity (Wildman–Crippen MR) is 86.0 cm³/mol. The number of likely N-dealkylation sites (tertiary alicyclic amines) is 1. The van der Waals surface area contributed by atoms with Crippen molar-refractivity contribution in [2.75, 3.05) is 25.0 Å². The van der Waals surface area contributed by atoms with E-state index in [0.29, 0.717) is 11.7 Å². The zero-order valence-corrected chi connectivity index (χ0v) is 12.2. The Kier molecular flexibility index (Phi) is 5.12. The van der Waals surface area contributed by atoms with Gasteiger partial charge in [-0.15, -0.1) is 6.58 Å². The molecule has 4 nitrogen and oxygen atoms in total. The summed E-state index contributed by atoms with van der Waals surface area (Å²) in [6, 6.07) is 7.40. The van der Waals surface area contributed by atoms with E-state index in [-0.39, 0.29) is 5.91 Å². The van der Waals surface area contributed by atoms with Gasteiger partial charge in [-0.3, -0.25) is 4.79 Å². The average molecular weight is 289 g/mol. The van der Waals surface area contributed by atoms with Gasteiger partial charge in [0, 0.05) is 30.9 Å². The van der Waals surface area contributed by atoms with E-state index in [1.807, 2.05) is 29.2 Å². The first-order valence-corrected chi connectivity index (χ1v) is 7.16. The lowest BCUT2D eigenvalue weighted by Gasteiger charge is -2.15. The van der Waals surface area contributed by atoms with E-state index < -0.39 is 0 Å². The van der Waals surface area contributed by atoms with Crippen molar-refractivity contribution in [3.63, 3.8) is 0 Å². The van der Waals surface area contributed by atoms with Gasteiger partial charge < -0.3 is 15.5 Å². The maximum absolute atomic E-state index is 12.2. The molecule has 0 saturated carbocycles. The minimum atomic E-state index is 0.112. The van der Waals surface area contributed by atoms with Crippen LogP contribution in [0.3, 0.4) is 0 Å². The Morgan fingerprint density at radius 2 is 1.95 bits per heavy atom. The number of amides is 1. The van der Waals surface area contributed by atoms with Crippen LogP contribution < -0.4 is 10.6 Å². The first-order chi connectivity index (χ1) is 9.70. The van der Waals surface area contributed by atoms with E-state index in [1.165, 1.54) is 0 Å². The molecule has 0 spiro atoms. The molecule has 1 saturated heterocycles. The first kappa shape index (κ1) is 14.5.